The number of nitrogens with one attached hydrogen (secondary N) is 1. The second-order valence-corrected chi connectivity index (χ2v) is 2.11. The molecular formula is C4H10N6O4. The Balaban J connectivity index is 4.11. The Kier molecular flexibility index (Phi) is 4.67. The SMILES string of the molecule is CCN(C/N=C(/N)N[N+](=O)[O-])[N+](=O)[O-]. The first-order valence-electron chi connectivity index (χ1n) is 3.57. The van der Waals surface area contributed by atoms with Crippen molar-refractivity contribution >= 4 is 5.96 Å². The van der Waals surface area contributed by atoms with Gasteiger partial charge in [-0.05, 0) is 6.92 Å². The van der Waals surface area contributed by atoms with Crippen LogP contribution in [0.2, 0.25) is 0 Å². The average molecular weight is 206 g/mol. The lowest BCUT2D eigenvalue weighted by atomic mass is 10.7. The van der Waals surface area contributed by atoms with E-state index in [-0.39, 0.29) is 13.2 Å². The molecular weight excluding hydrogens is 196 g/mol. The van der Waals surface area contributed by atoms with Gasteiger partial charge in [0, 0.05) is 0 Å². The topological polar surface area (TPSA) is 140 Å². The molecule has 0 amide bonds. The van der Waals surface area contributed by atoms with Crippen LogP contribution in [0.25, 0.3) is 0 Å². The van der Waals surface area contributed by atoms with Crippen molar-refractivity contribution in [1.82, 2.24) is 10.4 Å². The number of hydrazine groups is 2. The van der Waals surface area contributed by atoms with Gasteiger partial charge in [0.15, 0.2) is 16.7 Å². The summed E-state index contributed by atoms with van der Waals surface area (Å²) in [5.41, 5.74) is 6.59. The normalized spacial score (nSPS) is 10.8. The molecule has 0 bridgehead atoms. The molecule has 0 atom stereocenters. The number of guanidine groups is 1. The Morgan fingerprint density at radius 3 is 2.50 bits per heavy atom. The lowest BCUT2D eigenvalue weighted by molar-refractivity contribution is -0.654. The van der Waals surface area contributed by atoms with Crippen molar-refractivity contribution < 1.29 is 10.1 Å². The highest BCUT2D eigenvalue weighted by Crippen LogP contribution is 1.87. The van der Waals surface area contributed by atoms with Crippen LogP contribution in [0.15, 0.2) is 4.99 Å². The number of rotatable bonds is 5. The quantitative estimate of drug-likeness (QED) is 0.242. The van der Waals surface area contributed by atoms with Crippen LogP contribution in [0.1, 0.15) is 6.92 Å². The molecule has 0 aliphatic heterocycles. The van der Waals surface area contributed by atoms with Gasteiger partial charge >= 0.3 is 0 Å². The van der Waals surface area contributed by atoms with Gasteiger partial charge in [0.2, 0.25) is 0 Å². The van der Waals surface area contributed by atoms with E-state index in [0.717, 1.165) is 5.01 Å². The van der Waals surface area contributed by atoms with E-state index < -0.39 is 16.0 Å². The van der Waals surface area contributed by atoms with Crippen LogP contribution >= 0.6 is 0 Å². The molecule has 0 aliphatic carbocycles. The predicted molar refractivity (Wildman–Crippen MR) is 46.0 cm³/mol. The third-order valence-corrected chi connectivity index (χ3v) is 1.21. The zero-order valence-corrected chi connectivity index (χ0v) is 7.41. The molecule has 0 rings (SSSR count). The van der Waals surface area contributed by atoms with Crippen LogP contribution in [0.3, 0.4) is 0 Å². The maximum Gasteiger partial charge on any atom is 0.253 e. The van der Waals surface area contributed by atoms with E-state index in [9.17, 15) is 20.2 Å². The molecule has 0 aromatic heterocycles. The van der Waals surface area contributed by atoms with Crippen molar-refractivity contribution in [3.05, 3.63) is 20.2 Å². The van der Waals surface area contributed by atoms with Crippen molar-refractivity contribution in [3.8, 4) is 0 Å². The average Bonchev–Trinajstić information content (AvgIpc) is 2.03. The van der Waals surface area contributed by atoms with Gasteiger partial charge in [0.25, 0.3) is 5.96 Å². The molecule has 0 saturated carbocycles. The standard InChI is InChI=1S/C4H10N6O4/c1-2-8(10(13)14)3-6-4(5)7-9(11)12/h2-3H2,1H3,(H3,5,6,7). The van der Waals surface area contributed by atoms with Crippen molar-refractivity contribution in [2.45, 2.75) is 6.92 Å². The number of nitrogens with zero attached hydrogens (tertiary/aromatic N) is 4. The van der Waals surface area contributed by atoms with E-state index in [1.165, 1.54) is 0 Å². The fourth-order valence-electron chi connectivity index (χ4n) is 0.554. The summed E-state index contributed by atoms with van der Waals surface area (Å²) in [6.45, 7) is 1.34. The molecule has 14 heavy (non-hydrogen) atoms. The molecule has 0 spiro atoms. The summed E-state index contributed by atoms with van der Waals surface area (Å²) >= 11 is 0. The van der Waals surface area contributed by atoms with E-state index in [0.29, 0.717) is 0 Å². The van der Waals surface area contributed by atoms with E-state index in [4.69, 9.17) is 5.73 Å². The van der Waals surface area contributed by atoms with Crippen molar-refractivity contribution in [3.63, 3.8) is 0 Å². The maximum absolute atomic E-state index is 10.2. The largest absolute Gasteiger partial charge is 0.365 e. The molecule has 0 heterocycles. The zero-order valence-electron chi connectivity index (χ0n) is 7.41. The van der Waals surface area contributed by atoms with Gasteiger partial charge in [-0.1, -0.05) is 5.43 Å². The minimum absolute atomic E-state index is 0.127. The van der Waals surface area contributed by atoms with Crippen LogP contribution in [-0.4, -0.2) is 34.2 Å². The summed E-state index contributed by atoms with van der Waals surface area (Å²) in [5, 5.41) is 19.3. The molecule has 80 valence electrons. The third-order valence-electron chi connectivity index (χ3n) is 1.21. The number of nitro groups is 2. The Bertz CT molecular complexity index is 252. The van der Waals surface area contributed by atoms with Gasteiger partial charge in [-0.25, -0.2) is 25.2 Å². The van der Waals surface area contributed by atoms with Gasteiger partial charge < -0.3 is 5.73 Å². The predicted octanol–water partition coefficient (Wildman–Crippen LogP) is -1.45. The Morgan fingerprint density at radius 1 is 1.57 bits per heavy atom. The molecule has 10 nitrogen and oxygen atoms in total. The summed E-state index contributed by atoms with van der Waals surface area (Å²) in [6.07, 6.45) is 0. The third kappa shape index (κ3) is 4.69. The summed E-state index contributed by atoms with van der Waals surface area (Å²) in [7, 11) is 0. The van der Waals surface area contributed by atoms with Gasteiger partial charge in [-0.15, -0.1) is 5.01 Å². The molecule has 0 radical (unpaired) electrons. The van der Waals surface area contributed by atoms with Crippen molar-refractivity contribution in [1.29, 1.82) is 0 Å². The first kappa shape index (κ1) is 11.9. The Labute approximate surface area is 78.6 Å². The van der Waals surface area contributed by atoms with Crippen LogP contribution in [-0.2, 0) is 0 Å². The van der Waals surface area contributed by atoms with Crippen molar-refractivity contribution in [2.24, 2.45) is 10.7 Å². The van der Waals surface area contributed by atoms with Gasteiger partial charge in [0.1, 0.15) is 0 Å². The lowest BCUT2D eigenvalue weighted by Gasteiger charge is -2.07. The Hall–Kier alpha value is -2.13. The van der Waals surface area contributed by atoms with Gasteiger partial charge in [0.05, 0.1) is 6.54 Å². The van der Waals surface area contributed by atoms with E-state index in [1.54, 1.807) is 12.3 Å². The number of hydrogen-bond donors (Lipinski definition) is 2. The second-order valence-electron chi connectivity index (χ2n) is 2.11. The minimum Gasteiger partial charge on any atom is -0.365 e. The summed E-state index contributed by atoms with van der Waals surface area (Å²) in [6, 6.07) is 0. The summed E-state index contributed by atoms with van der Waals surface area (Å²) in [4.78, 5) is 23.5. The molecule has 0 saturated heterocycles. The number of hydrogen-bond acceptors (Lipinski definition) is 5. The second kappa shape index (κ2) is 5.50. The smallest absolute Gasteiger partial charge is 0.253 e. The molecule has 10 heteroatoms. The monoisotopic (exact) mass is 206 g/mol. The zero-order chi connectivity index (χ0) is 11.1. The van der Waals surface area contributed by atoms with E-state index >= 15 is 0 Å². The molecule has 0 aromatic rings. The van der Waals surface area contributed by atoms with E-state index in [1.807, 2.05) is 0 Å². The Morgan fingerprint density at radius 2 is 2.14 bits per heavy atom. The lowest BCUT2D eigenvalue weighted by Crippen LogP contribution is -2.38. The van der Waals surface area contributed by atoms with Crippen LogP contribution in [0.5, 0.6) is 0 Å². The highest BCUT2D eigenvalue weighted by atomic mass is 16.7. The molecule has 3 N–H and O–H groups in total. The molecule has 0 unspecified atom stereocenters. The van der Waals surface area contributed by atoms with E-state index in [2.05, 4.69) is 4.99 Å². The number of aliphatic imine (C=N–C) groups is 1. The fourth-order valence-corrected chi connectivity index (χ4v) is 0.554. The maximum atomic E-state index is 10.2. The fraction of sp³-hybridized carbons (Fsp3) is 0.750. The molecule has 0 aromatic carbocycles. The van der Waals surface area contributed by atoms with Crippen LogP contribution < -0.4 is 11.2 Å². The molecule has 0 aliphatic rings. The van der Waals surface area contributed by atoms with Gasteiger partial charge in [-0.2, -0.15) is 0 Å². The first-order valence-corrected chi connectivity index (χ1v) is 3.57. The minimum atomic E-state index is -0.902. The highest BCUT2D eigenvalue weighted by Gasteiger charge is 2.10. The summed E-state index contributed by atoms with van der Waals surface area (Å²) in [5.74, 6) is -0.477. The number of nitrogens with two attached hydrogens (primary N) is 1. The first-order chi connectivity index (χ1) is 6.47. The summed E-state index contributed by atoms with van der Waals surface area (Å²) < 4.78 is 0. The molecule has 0 fully saturated rings. The van der Waals surface area contributed by atoms with Crippen LogP contribution in [0.4, 0.5) is 0 Å². The van der Waals surface area contributed by atoms with Gasteiger partial charge in [-0.3, -0.25) is 0 Å². The van der Waals surface area contributed by atoms with Crippen LogP contribution in [0, 0.1) is 20.2 Å². The van der Waals surface area contributed by atoms with Crippen molar-refractivity contribution in [2.75, 3.05) is 13.2 Å². The highest BCUT2D eigenvalue weighted by molar-refractivity contribution is 5.76.